The Labute approximate surface area is 152 Å². The average Bonchev–Trinajstić information content (AvgIpc) is 2.99. The van der Waals surface area contributed by atoms with Crippen LogP contribution < -0.4 is 10.3 Å². The van der Waals surface area contributed by atoms with Crippen molar-refractivity contribution in [3.63, 3.8) is 0 Å². The summed E-state index contributed by atoms with van der Waals surface area (Å²) >= 11 is 5.82. The van der Waals surface area contributed by atoms with E-state index in [4.69, 9.17) is 16.0 Å². The summed E-state index contributed by atoms with van der Waals surface area (Å²) in [5.41, 5.74) is 0.777. The molecule has 1 N–H and O–H groups in total. The van der Waals surface area contributed by atoms with Crippen LogP contribution in [0.25, 0.3) is 22.0 Å². The van der Waals surface area contributed by atoms with Crippen LogP contribution in [0.2, 0.25) is 5.02 Å². The lowest BCUT2D eigenvalue weighted by atomic mass is 10.2. The summed E-state index contributed by atoms with van der Waals surface area (Å²) in [6.45, 7) is 0. The molecule has 0 aliphatic rings. The van der Waals surface area contributed by atoms with E-state index in [1.54, 1.807) is 35.9 Å². The van der Waals surface area contributed by atoms with Crippen molar-refractivity contribution in [1.29, 1.82) is 0 Å². The Morgan fingerprint density at radius 1 is 1.15 bits per heavy atom. The SMILES string of the molecule is Cn1cnc2c(=O)oc3ccc(S(=O)(=O)Nc4ccc(Cl)cc4)cc3c21. The lowest BCUT2D eigenvalue weighted by molar-refractivity contribution is 0.567. The third-order valence-electron chi connectivity index (χ3n) is 3.95. The zero-order valence-electron chi connectivity index (χ0n) is 13.4. The fraction of sp³-hybridized carbons (Fsp3) is 0.0588. The number of sulfonamides is 1. The topological polar surface area (TPSA) is 94.2 Å². The van der Waals surface area contributed by atoms with E-state index in [1.807, 2.05) is 0 Å². The summed E-state index contributed by atoms with van der Waals surface area (Å²) in [7, 11) is -2.11. The molecule has 0 aliphatic carbocycles. The number of aryl methyl sites for hydroxylation is 1. The van der Waals surface area contributed by atoms with E-state index in [-0.39, 0.29) is 16.0 Å². The number of nitrogens with one attached hydrogen (secondary N) is 1. The van der Waals surface area contributed by atoms with Crippen LogP contribution in [0.3, 0.4) is 0 Å². The summed E-state index contributed by atoms with van der Waals surface area (Å²) < 4.78 is 34.8. The molecule has 9 heteroatoms. The summed E-state index contributed by atoms with van der Waals surface area (Å²) in [5, 5.41) is 0.992. The standard InChI is InChI=1S/C17H12ClN3O4S/c1-21-9-19-15-16(21)13-8-12(6-7-14(13)25-17(15)22)26(23,24)20-11-4-2-10(18)3-5-11/h2-9,20H,1H3. The van der Waals surface area contributed by atoms with Gasteiger partial charge in [0.1, 0.15) is 5.58 Å². The highest BCUT2D eigenvalue weighted by Crippen LogP contribution is 2.26. The van der Waals surface area contributed by atoms with Crippen molar-refractivity contribution in [3.05, 3.63) is 64.2 Å². The van der Waals surface area contributed by atoms with Gasteiger partial charge < -0.3 is 8.98 Å². The van der Waals surface area contributed by atoms with Crippen molar-refractivity contribution in [1.82, 2.24) is 9.55 Å². The first kappa shape index (κ1) is 16.6. The summed E-state index contributed by atoms with van der Waals surface area (Å²) in [6.07, 6.45) is 1.48. The third kappa shape index (κ3) is 2.73. The molecular formula is C17H12ClN3O4S. The van der Waals surface area contributed by atoms with Crippen molar-refractivity contribution in [2.45, 2.75) is 4.90 Å². The highest BCUT2D eigenvalue weighted by Gasteiger charge is 2.18. The van der Waals surface area contributed by atoms with E-state index in [0.717, 1.165) is 0 Å². The molecule has 132 valence electrons. The minimum atomic E-state index is -3.83. The van der Waals surface area contributed by atoms with Crippen molar-refractivity contribution < 1.29 is 12.8 Å². The Bertz CT molecular complexity index is 1310. The molecule has 7 nitrogen and oxygen atoms in total. The second kappa shape index (κ2) is 5.86. The first-order valence-corrected chi connectivity index (χ1v) is 9.37. The largest absolute Gasteiger partial charge is 0.421 e. The second-order valence-electron chi connectivity index (χ2n) is 5.71. The number of hydrogen-bond donors (Lipinski definition) is 1. The highest BCUT2D eigenvalue weighted by atomic mass is 35.5. The number of halogens is 1. The third-order valence-corrected chi connectivity index (χ3v) is 5.58. The average molecular weight is 390 g/mol. The maximum absolute atomic E-state index is 12.7. The lowest BCUT2D eigenvalue weighted by Gasteiger charge is -2.09. The van der Waals surface area contributed by atoms with Gasteiger partial charge in [0.2, 0.25) is 0 Å². The molecule has 4 aromatic rings. The van der Waals surface area contributed by atoms with Crippen LogP contribution in [0, 0.1) is 0 Å². The fourth-order valence-corrected chi connectivity index (χ4v) is 3.94. The number of anilines is 1. The van der Waals surface area contributed by atoms with Crippen LogP contribution in [0.4, 0.5) is 5.69 Å². The molecule has 0 spiro atoms. The van der Waals surface area contributed by atoms with E-state index in [1.165, 1.54) is 24.5 Å². The van der Waals surface area contributed by atoms with Crippen LogP contribution in [-0.2, 0) is 17.1 Å². The van der Waals surface area contributed by atoms with Gasteiger partial charge >= 0.3 is 5.63 Å². The molecule has 0 atom stereocenters. The Balaban J connectivity index is 1.87. The van der Waals surface area contributed by atoms with Gasteiger partial charge in [0.05, 0.1) is 16.7 Å². The Kier molecular flexibility index (Phi) is 3.74. The van der Waals surface area contributed by atoms with Crippen LogP contribution in [-0.4, -0.2) is 18.0 Å². The Hall–Kier alpha value is -2.84. The molecular weight excluding hydrogens is 378 g/mol. The van der Waals surface area contributed by atoms with E-state index in [2.05, 4.69) is 9.71 Å². The van der Waals surface area contributed by atoms with Crippen LogP contribution in [0.1, 0.15) is 0 Å². The van der Waals surface area contributed by atoms with E-state index < -0.39 is 15.6 Å². The molecule has 0 fully saturated rings. The molecule has 0 radical (unpaired) electrons. The number of nitrogens with zero attached hydrogens (tertiary/aromatic N) is 2. The van der Waals surface area contributed by atoms with E-state index in [9.17, 15) is 13.2 Å². The van der Waals surface area contributed by atoms with Gasteiger partial charge in [-0.15, -0.1) is 0 Å². The molecule has 0 aliphatic heterocycles. The molecule has 26 heavy (non-hydrogen) atoms. The van der Waals surface area contributed by atoms with Crippen LogP contribution in [0.15, 0.2) is 62.9 Å². The predicted molar refractivity (Wildman–Crippen MR) is 99.0 cm³/mol. The minimum absolute atomic E-state index is 0.0382. The highest BCUT2D eigenvalue weighted by molar-refractivity contribution is 7.92. The van der Waals surface area contributed by atoms with E-state index >= 15 is 0 Å². The molecule has 0 unspecified atom stereocenters. The van der Waals surface area contributed by atoms with Crippen molar-refractivity contribution in [2.75, 3.05) is 4.72 Å². The van der Waals surface area contributed by atoms with Gasteiger partial charge in [0.15, 0.2) is 5.52 Å². The predicted octanol–water partition coefficient (Wildman–Crippen LogP) is 3.13. The van der Waals surface area contributed by atoms with E-state index in [0.29, 0.717) is 21.6 Å². The first-order chi connectivity index (χ1) is 12.3. The molecule has 0 saturated heterocycles. The first-order valence-electron chi connectivity index (χ1n) is 7.51. The molecule has 0 saturated carbocycles. The fourth-order valence-electron chi connectivity index (χ4n) is 2.73. The maximum atomic E-state index is 12.7. The summed E-state index contributed by atoms with van der Waals surface area (Å²) in [4.78, 5) is 16.0. The molecule has 2 heterocycles. The van der Waals surface area contributed by atoms with Gasteiger partial charge in [-0.3, -0.25) is 4.72 Å². The smallest absolute Gasteiger partial charge is 0.364 e. The van der Waals surface area contributed by atoms with Crippen molar-refractivity contribution >= 4 is 49.3 Å². The Morgan fingerprint density at radius 2 is 1.88 bits per heavy atom. The number of benzene rings is 2. The summed E-state index contributed by atoms with van der Waals surface area (Å²) in [5.74, 6) is 0. The molecule has 2 aromatic carbocycles. The van der Waals surface area contributed by atoms with Gasteiger partial charge in [0, 0.05) is 23.1 Å². The Morgan fingerprint density at radius 3 is 2.62 bits per heavy atom. The van der Waals surface area contributed by atoms with Crippen LogP contribution >= 0.6 is 11.6 Å². The minimum Gasteiger partial charge on any atom is -0.421 e. The van der Waals surface area contributed by atoms with Gasteiger partial charge in [-0.25, -0.2) is 18.2 Å². The normalized spacial score (nSPS) is 11.9. The monoisotopic (exact) mass is 389 g/mol. The molecule has 0 bridgehead atoms. The van der Waals surface area contributed by atoms with Gasteiger partial charge in [-0.05, 0) is 42.5 Å². The zero-order valence-corrected chi connectivity index (χ0v) is 15.0. The quantitative estimate of drug-likeness (QED) is 0.543. The zero-order chi connectivity index (χ0) is 18.5. The van der Waals surface area contributed by atoms with Crippen molar-refractivity contribution in [3.8, 4) is 0 Å². The van der Waals surface area contributed by atoms with Crippen LogP contribution in [0.5, 0.6) is 0 Å². The van der Waals surface area contributed by atoms with Gasteiger partial charge in [-0.1, -0.05) is 11.6 Å². The molecule has 2 aromatic heterocycles. The summed E-state index contributed by atoms with van der Waals surface area (Å²) in [6, 6.07) is 10.6. The number of imidazole rings is 1. The second-order valence-corrected chi connectivity index (χ2v) is 7.83. The van der Waals surface area contributed by atoms with Gasteiger partial charge in [-0.2, -0.15) is 0 Å². The molecule has 4 rings (SSSR count). The van der Waals surface area contributed by atoms with Crippen molar-refractivity contribution in [2.24, 2.45) is 7.05 Å². The van der Waals surface area contributed by atoms with Gasteiger partial charge in [0.25, 0.3) is 10.0 Å². The lowest BCUT2D eigenvalue weighted by Crippen LogP contribution is -2.13. The number of hydrogen-bond acceptors (Lipinski definition) is 5. The maximum Gasteiger partial charge on any atom is 0.364 e. The number of rotatable bonds is 3. The molecule has 0 amide bonds. The number of fused-ring (bicyclic) bond motifs is 3. The number of aromatic nitrogens is 2.